The maximum atomic E-state index is 2.59. The molecule has 0 bridgehead atoms. The van der Waals surface area contributed by atoms with E-state index in [0.717, 1.165) is 0 Å². The standard InChI is InChI=1S/C35H29B2N3/c1-21-22-11-9-16-30-34(22)36(24-12-5-7-14-28(24)38(30)2)26-20-27-33(19-23(21)26)40(4)32-18-10-17-31-35(32)37(27)25-13-6-8-15-29(25)39(31)3/h5-21H,1-4H3. The van der Waals surface area contributed by atoms with Gasteiger partial charge in [0, 0.05) is 61.2 Å². The van der Waals surface area contributed by atoms with Gasteiger partial charge in [-0.25, -0.2) is 0 Å². The molecule has 5 heteroatoms. The van der Waals surface area contributed by atoms with Crippen molar-refractivity contribution in [3.63, 3.8) is 0 Å². The van der Waals surface area contributed by atoms with Gasteiger partial charge < -0.3 is 14.7 Å². The zero-order valence-corrected chi connectivity index (χ0v) is 23.3. The Kier molecular flexibility index (Phi) is 4.28. The van der Waals surface area contributed by atoms with Gasteiger partial charge in [0.15, 0.2) is 0 Å². The largest absolute Gasteiger partial charge is 0.345 e. The van der Waals surface area contributed by atoms with Gasteiger partial charge in [0.25, 0.3) is 6.71 Å². The summed E-state index contributed by atoms with van der Waals surface area (Å²) in [5.41, 5.74) is 19.4. The second kappa shape index (κ2) is 7.63. The van der Waals surface area contributed by atoms with Crippen molar-refractivity contribution in [1.29, 1.82) is 0 Å². The predicted octanol–water partition coefficient (Wildman–Crippen LogP) is 3.43. The molecular formula is C35H29B2N3. The molecule has 4 heterocycles. The number of nitrogens with zero attached hydrogens (tertiary/aromatic N) is 3. The molecular weight excluding hydrogens is 484 g/mol. The highest BCUT2D eigenvalue weighted by Crippen LogP contribution is 2.39. The van der Waals surface area contributed by atoms with Crippen molar-refractivity contribution in [3.05, 3.63) is 108 Å². The van der Waals surface area contributed by atoms with Crippen LogP contribution in [0, 0.1) is 0 Å². The smallest absolute Gasteiger partial charge is 0.252 e. The molecule has 0 radical (unpaired) electrons. The normalized spacial score (nSPS) is 17.0. The van der Waals surface area contributed by atoms with E-state index in [1.165, 1.54) is 78.0 Å². The van der Waals surface area contributed by atoms with E-state index in [2.05, 4.69) is 140 Å². The van der Waals surface area contributed by atoms with Crippen LogP contribution in [0.25, 0.3) is 0 Å². The van der Waals surface area contributed by atoms with E-state index in [4.69, 9.17) is 0 Å². The summed E-state index contributed by atoms with van der Waals surface area (Å²) in [6.07, 6.45) is 0. The molecule has 1 atom stereocenters. The summed E-state index contributed by atoms with van der Waals surface area (Å²) in [6.45, 7) is 2.85. The zero-order valence-electron chi connectivity index (χ0n) is 23.3. The molecule has 4 aliphatic heterocycles. The van der Waals surface area contributed by atoms with E-state index in [1.54, 1.807) is 0 Å². The van der Waals surface area contributed by atoms with Crippen molar-refractivity contribution in [1.82, 2.24) is 0 Å². The molecule has 190 valence electrons. The summed E-state index contributed by atoms with van der Waals surface area (Å²) < 4.78 is 0. The molecule has 3 nitrogen and oxygen atoms in total. The average Bonchev–Trinajstić information content (AvgIpc) is 3.00. The Morgan fingerprint density at radius 1 is 0.450 bits per heavy atom. The zero-order chi connectivity index (χ0) is 26.9. The number of anilines is 6. The lowest BCUT2D eigenvalue weighted by molar-refractivity contribution is 0.928. The summed E-state index contributed by atoms with van der Waals surface area (Å²) in [7, 11) is 6.69. The van der Waals surface area contributed by atoms with Gasteiger partial charge in [-0.2, -0.15) is 0 Å². The van der Waals surface area contributed by atoms with E-state index >= 15 is 0 Å². The van der Waals surface area contributed by atoms with E-state index < -0.39 is 0 Å². The Balaban J connectivity index is 1.37. The fourth-order valence-electron chi connectivity index (χ4n) is 8.35. The van der Waals surface area contributed by atoms with E-state index in [1.807, 2.05) is 0 Å². The van der Waals surface area contributed by atoms with Gasteiger partial charge in [0.1, 0.15) is 0 Å². The van der Waals surface area contributed by atoms with Crippen LogP contribution in [-0.2, 0) is 0 Å². The number of para-hydroxylation sites is 2. The van der Waals surface area contributed by atoms with Crippen molar-refractivity contribution in [2.75, 3.05) is 35.8 Å². The molecule has 40 heavy (non-hydrogen) atoms. The van der Waals surface area contributed by atoms with Crippen LogP contribution in [0.1, 0.15) is 24.0 Å². The second-order valence-electron chi connectivity index (χ2n) is 11.9. The minimum atomic E-state index is 0.212. The van der Waals surface area contributed by atoms with Gasteiger partial charge in [-0.3, -0.25) is 0 Å². The number of benzene rings is 5. The van der Waals surface area contributed by atoms with Crippen LogP contribution >= 0.6 is 0 Å². The quantitative estimate of drug-likeness (QED) is 0.294. The first-order valence-corrected chi connectivity index (χ1v) is 14.4. The Labute approximate surface area is 236 Å². The minimum absolute atomic E-state index is 0.212. The fraction of sp³-hybridized carbons (Fsp3) is 0.143. The van der Waals surface area contributed by atoms with Gasteiger partial charge in [-0.1, -0.05) is 73.1 Å². The lowest BCUT2D eigenvalue weighted by atomic mass is 9.29. The average molecular weight is 513 g/mol. The molecule has 0 saturated carbocycles. The Bertz CT molecular complexity index is 1780. The van der Waals surface area contributed by atoms with Crippen molar-refractivity contribution in [3.8, 4) is 0 Å². The molecule has 0 aliphatic carbocycles. The highest BCUT2D eigenvalue weighted by Gasteiger charge is 2.45. The molecule has 1 unspecified atom stereocenters. The Morgan fingerprint density at radius 2 is 0.950 bits per heavy atom. The van der Waals surface area contributed by atoms with Crippen molar-refractivity contribution in [2.24, 2.45) is 0 Å². The first kappa shape index (κ1) is 22.4. The molecule has 0 amide bonds. The van der Waals surface area contributed by atoms with Crippen LogP contribution in [0.2, 0.25) is 0 Å². The SMILES string of the molecule is CC1c2cc3c(cc2B2c4ccccc4N(C)c4cccc1c42)B1c2ccccc2N(C)c2cccc(c21)N3C. The van der Waals surface area contributed by atoms with Gasteiger partial charge in [-0.05, 0) is 74.8 Å². The number of hydrogen-bond donors (Lipinski definition) is 0. The molecule has 9 rings (SSSR count). The molecule has 0 aromatic heterocycles. The summed E-state index contributed by atoms with van der Waals surface area (Å²) in [4.78, 5) is 7.21. The van der Waals surface area contributed by atoms with Gasteiger partial charge >= 0.3 is 0 Å². The molecule has 0 spiro atoms. The third-order valence-electron chi connectivity index (χ3n) is 10.2. The molecule has 4 aliphatic rings. The highest BCUT2D eigenvalue weighted by molar-refractivity contribution is 7.02. The number of rotatable bonds is 0. The molecule has 5 aromatic rings. The topological polar surface area (TPSA) is 9.72 Å². The van der Waals surface area contributed by atoms with Gasteiger partial charge in [-0.15, -0.1) is 0 Å². The van der Waals surface area contributed by atoms with Crippen molar-refractivity contribution in [2.45, 2.75) is 12.8 Å². The summed E-state index contributed by atoms with van der Waals surface area (Å²) in [6, 6.07) is 36.8. The molecule has 0 N–H and O–H groups in total. The van der Waals surface area contributed by atoms with Crippen LogP contribution in [-0.4, -0.2) is 34.6 Å². The summed E-state index contributed by atoms with van der Waals surface area (Å²) in [5.74, 6) is 0.330. The van der Waals surface area contributed by atoms with Crippen LogP contribution in [0.15, 0.2) is 97.1 Å². The Hall–Kier alpha value is -4.37. The van der Waals surface area contributed by atoms with Crippen molar-refractivity contribution >= 4 is 80.3 Å². The van der Waals surface area contributed by atoms with E-state index in [-0.39, 0.29) is 13.4 Å². The van der Waals surface area contributed by atoms with Crippen LogP contribution in [0.3, 0.4) is 0 Å². The van der Waals surface area contributed by atoms with Crippen LogP contribution < -0.4 is 47.5 Å². The third kappa shape index (κ3) is 2.59. The third-order valence-corrected chi connectivity index (χ3v) is 10.2. The summed E-state index contributed by atoms with van der Waals surface area (Å²) in [5, 5.41) is 0. The lowest BCUT2D eigenvalue weighted by Gasteiger charge is -2.44. The monoisotopic (exact) mass is 513 g/mol. The first-order valence-electron chi connectivity index (χ1n) is 14.4. The first-order chi connectivity index (χ1) is 19.5. The van der Waals surface area contributed by atoms with Gasteiger partial charge in [0.2, 0.25) is 6.71 Å². The van der Waals surface area contributed by atoms with Crippen LogP contribution in [0.5, 0.6) is 0 Å². The van der Waals surface area contributed by atoms with E-state index in [9.17, 15) is 0 Å². The second-order valence-corrected chi connectivity index (χ2v) is 11.9. The molecule has 0 fully saturated rings. The Morgan fingerprint density at radius 3 is 1.60 bits per heavy atom. The molecule has 5 aromatic carbocycles. The van der Waals surface area contributed by atoms with Crippen molar-refractivity contribution < 1.29 is 0 Å². The predicted molar refractivity (Wildman–Crippen MR) is 173 cm³/mol. The minimum Gasteiger partial charge on any atom is -0.345 e. The summed E-state index contributed by atoms with van der Waals surface area (Å²) >= 11 is 0. The van der Waals surface area contributed by atoms with E-state index in [0.29, 0.717) is 5.92 Å². The number of hydrogen-bond acceptors (Lipinski definition) is 3. The van der Waals surface area contributed by atoms with Crippen LogP contribution in [0.4, 0.5) is 34.1 Å². The lowest BCUT2D eigenvalue weighted by Crippen LogP contribution is -2.65. The maximum Gasteiger partial charge on any atom is 0.252 e. The fourth-order valence-corrected chi connectivity index (χ4v) is 8.35. The van der Waals surface area contributed by atoms with Gasteiger partial charge in [0.05, 0.1) is 0 Å². The number of fused-ring (bicyclic) bond motifs is 8. The highest BCUT2D eigenvalue weighted by atomic mass is 15.1. The maximum absolute atomic E-state index is 2.59. The molecule has 0 saturated heterocycles.